The second kappa shape index (κ2) is 4.72. The number of amides is 2. The molecule has 2 amide bonds. The lowest BCUT2D eigenvalue weighted by Gasteiger charge is -2.20. The van der Waals surface area contributed by atoms with Crippen LogP contribution in [0.4, 0.5) is 0 Å². The van der Waals surface area contributed by atoms with Crippen molar-refractivity contribution in [2.45, 2.75) is 12.2 Å². The van der Waals surface area contributed by atoms with Gasteiger partial charge in [-0.2, -0.15) is 0 Å². The molecule has 0 radical (unpaired) electrons. The molecule has 1 aromatic carbocycles. The lowest BCUT2D eigenvalue weighted by molar-refractivity contribution is 0.0221. The first-order valence-corrected chi connectivity index (χ1v) is 5.50. The second-order valence-corrected chi connectivity index (χ2v) is 4.06. The Balaban J connectivity index is 2.21. The van der Waals surface area contributed by atoms with Crippen LogP contribution in [0.5, 0.6) is 0 Å². The van der Waals surface area contributed by atoms with Crippen molar-refractivity contribution >= 4 is 11.8 Å². The quantitative estimate of drug-likeness (QED) is 0.588. The number of carbonyl (C=O) groups excluding carboxylic acids is 2. The van der Waals surface area contributed by atoms with Gasteiger partial charge in [0, 0.05) is 0 Å². The van der Waals surface area contributed by atoms with E-state index in [2.05, 4.69) is 6.58 Å². The summed E-state index contributed by atoms with van der Waals surface area (Å²) in [4.78, 5) is 24.8. The molecule has 2 unspecified atom stereocenters. The average Bonchev–Trinajstić information content (AvgIpc) is 2.63. The third-order valence-corrected chi connectivity index (χ3v) is 2.88. The maximum Gasteiger partial charge on any atom is 0.261 e. The molecule has 0 spiro atoms. The Hall–Kier alpha value is -1.98. The van der Waals surface area contributed by atoms with Gasteiger partial charge >= 0.3 is 0 Å². The van der Waals surface area contributed by atoms with Crippen LogP contribution in [0, 0.1) is 0 Å². The fourth-order valence-corrected chi connectivity index (χ4v) is 1.86. The van der Waals surface area contributed by atoms with Gasteiger partial charge in [-0.1, -0.05) is 18.2 Å². The van der Waals surface area contributed by atoms with Crippen LogP contribution in [0.25, 0.3) is 0 Å². The van der Waals surface area contributed by atoms with Crippen molar-refractivity contribution in [3.63, 3.8) is 0 Å². The Morgan fingerprint density at radius 3 is 2.11 bits per heavy atom. The maximum atomic E-state index is 11.9. The zero-order valence-corrected chi connectivity index (χ0v) is 9.61. The summed E-state index contributed by atoms with van der Waals surface area (Å²) >= 11 is 0. The van der Waals surface area contributed by atoms with Gasteiger partial charge in [-0.3, -0.25) is 14.5 Å². The molecule has 2 N–H and O–H groups in total. The van der Waals surface area contributed by atoms with E-state index in [9.17, 15) is 19.8 Å². The minimum absolute atomic E-state index is 0.250. The zero-order valence-electron chi connectivity index (χ0n) is 9.61. The SMILES string of the molecule is C=CC(O)C(O)CN1C(=O)c2ccccc2C1=O. The van der Waals surface area contributed by atoms with E-state index in [4.69, 9.17) is 0 Å². The van der Waals surface area contributed by atoms with Crippen LogP contribution in [0.1, 0.15) is 20.7 Å². The Kier molecular flexibility index (Phi) is 3.27. The fourth-order valence-electron chi connectivity index (χ4n) is 1.86. The van der Waals surface area contributed by atoms with Crippen LogP contribution >= 0.6 is 0 Å². The summed E-state index contributed by atoms with van der Waals surface area (Å²) in [7, 11) is 0. The van der Waals surface area contributed by atoms with Crippen molar-refractivity contribution in [1.29, 1.82) is 0 Å². The van der Waals surface area contributed by atoms with E-state index < -0.39 is 24.0 Å². The predicted molar refractivity (Wildman–Crippen MR) is 64.0 cm³/mol. The standard InChI is InChI=1S/C13H13NO4/c1-2-10(15)11(16)7-14-12(17)8-5-3-4-6-9(8)13(14)18/h2-6,10-11,15-16H,1,7H2. The molecule has 0 saturated carbocycles. The highest BCUT2D eigenvalue weighted by atomic mass is 16.3. The maximum absolute atomic E-state index is 11.9. The van der Waals surface area contributed by atoms with Crippen LogP contribution in [0.3, 0.4) is 0 Å². The first kappa shape index (κ1) is 12.5. The van der Waals surface area contributed by atoms with E-state index in [-0.39, 0.29) is 6.54 Å². The van der Waals surface area contributed by atoms with Crippen molar-refractivity contribution in [1.82, 2.24) is 4.90 Å². The highest BCUT2D eigenvalue weighted by Gasteiger charge is 2.36. The van der Waals surface area contributed by atoms with Crippen molar-refractivity contribution < 1.29 is 19.8 Å². The van der Waals surface area contributed by atoms with Crippen LogP contribution in [-0.2, 0) is 0 Å². The number of fused-ring (bicyclic) bond motifs is 1. The number of benzene rings is 1. The molecule has 0 fully saturated rings. The summed E-state index contributed by atoms with van der Waals surface area (Å²) in [5.41, 5.74) is 0.644. The predicted octanol–water partition coefficient (Wildman–Crippen LogP) is 0.190. The normalized spacial score (nSPS) is 17.6. The monoisotopic (exact) mass is 247 g/mol. The molecule has 2 atom stereocenters. The topological polar surface area (TPSA) is 77.8 Å². The summed E-state index contributed by atoms with van der Waals surface area (Å²) in [5.74, 6) is -0.906. The highest BCUT2D eigenvalue weighted by molar-refractivity contribution is 6.21. The summed E-state index contributed by atoms with van der Waals surface area (Å²) < 4.78 is 0. The van der Waals surface area contributed by atoms with Gasteiger partial charge in [-0.15, -0.1) is 6.58 Å². The lowest BCUT2D eigenvalue weighted by Crippen LogP contribution is -2.41. The number of hydrogen-bond donors (Lipinski definition) is 2. The summed E-state index contributed by atoms with van der Waals surface area (Å²) in [6.07, 6.45) is -1.25. The molecule has 1 heterocycles. The number of nitrogens with zero attached hydrogens (tertiary/aromatic N) is 1. The third-order valence-electron chi connectivity index (χ3n) is 2.88. The van der Waals surface area contributed by atoms with Crippen molar-refractivity contribution in [2.75, 3.05) is 6.54 Å². The van der Waals surface area contributed by atoms with Crippen molar-refractivity contribution in [2.24, 2.45) is 0 Å². The van der Waals surface area contributed by atoms with Gasteiger partial charge in [-0.05, 0) is 12.1 Å². The second-order valence-electron chi connectivity index (χ2n) is 4.06. The van der Waals surface area contributed by atoms with Gasteiger partial charge in [0.05, 0.1) is 23.8 Å². The van der Waals surface area contributed by atoms with E-state index >= 15 is 0 Å². The largest absolute Gasteiger partial charge is 0.388 e. The van der Waals surface area contributed by atoms with E-state index in [0.717, 1.165) is 11.0 Å². The minimum Gasteiger partial charge on any atom is -0.388 e. The summed E-state index contributed by atoms with van der Waals surface area (Å²) in [5, 5.41) is 19.0. The molecule has 1 aliphatic rings. The highest BCUT2D eigenvalue weighted by Crippen LogP contribution is 2.22. The van der Waals surface area contributed by atoms with Gasteiger partial charge < -0.3 is 10.2 Å². The Bertz CT molecular complexity index is 476. The molecule has 1 aliphatic heterocycles. The molecule has 0 bridgehead atoms. The molecule has 94 valence electrons. The number of β-amino-alcohol motifs (C(OH)–C–C–N with tert-alkyl or cyclic N) is 1. The number of rotatable bonds is 4. The van der Waals surface area contributed by atoms with Gasteiger partial charge in [-0.25, -0.2) is 0 Å². The molecular weight excluding hydrogens is 234 g/mol. The first-order chi connectivity index (χ1) is 8.56. The van der Waals surface area contributed by atoms with Gasteiger partial charge in [0.2, 0.25) is 0 Å². The van der Waals surface area contributed by atoms with Crippen LogP contribution in [0.15, 0.2) is 36.9 Å². The van der Waals surface area contributed by atoms with Crippen molar-refractivity contribution in [3.05, 3.63) is 48.0 Å². The number of hydrogen-bond acceptors (Lipinski definition) is 4. The zero-order chi connectivity index (χ0) is 13.3. The lowest BCUT2D eigenvalue weighted by atomic mass is 10.1. The van der Waals surface area contributed by atoms with Crippen LogP contribution in [-0.4, -0.2) is 45.7 Å². The number of aliphatic hydroxyl groups is 2. The van der Waals surface area contributed by atoms with Gasteiger partial charge in [0.25, 0.3) is 11.8 Å². The molecule has 5 nitrogen and oxygen atoms in total. The van der Waals surface area contributed by atoms with Crippen LogP contribution in [0.2, 0.25) is 0 Å². The molecule has 0 aliphatic carbocycles. The molecule has 0 aromatic heterocycles. The third kappa shape index (κ3) is 1.94. The molecule has 2 rings (SSSR count). The van der Waals surface area contributed by atoms with Gasteiger partial charge in [0.1, 0.15) is 6.10 Å². The van der Waals surface area contributed by atoms with E-state index in [1.54, 1.807) is 24.3 Å². The molecular formula is C13H13NO4. The Morgan fingerprint density at radius 1 is 1.17 bits per heavy atom. The molecule has 18 heavy (non-hydrogen) atoms. The Morgan fingerprint density at radius 2 is 1.67 bits per heavy atom. The van der Waals surface area contributed by atoms with Crippen molar-refractivity contribution in [3.8, 4) is 0 Å². The summed E-state index contributed by atoms with van der Waals surface area (Å²) in [6, 6.07) is 6.46. The van der Waals surface area contributed by atoms with Crippen LogP contribution < -0.4 is 0 Å². The smallest absolute Gasteiger partial charge is 0.261 e. The minimum atomic E-state index is -1.23. The average molecular weight is 247 g/mol. The first-order valence-electron chi connectivity index (χ1n) is 5.50. The molecule has 1 aromatic rings. The summed E-state index contributed by atoms with van der Waals surface area (Å²) in [6.45, 7) is 3.08. The number of carbonyl (C=O) groups is 2. The molecule has 5 heteroatoms. The van der Waals surface area contributed by atoms with Gasteiger partial charge in [0.15, 0.2) is 0 Å². The van der Waals surface area contributed by atoms with E-state index in [1.807, 2.05) is 0 Å². The molecule has 0 saturated heterocycles. The number of imide groups is 1. The number of aliphatic hydroxyl groups excluding tert-OH is 2. The van der Waals surface area contributed by atoms with E-state index in [1.165, 1.54) is 0 Å². The van der Waals surface area contributed by atoms with E-state index in [0.29, 0.717) is 11.1 Å². The Labute approximate surface area is 104 Å². The fraction of sp³-hybridized carbons (Fsp3) is 0.231.